The molecule has 0 aliphatic carbocycles. The molecule has 0 spiro atoms. The molecule has 0 aliphatic rings. The number of benzene rings is 2. The first kappa shape index (κ1) is 19.4. The summed E-state index contributed by atoms with van der Waals surface area (Å²) < 4.78 is 11.7. The molecule has 0 bridgehead atoms. The zero-order valence-electron chi connectivity index (χ0n) is 15.6. The van der Waals surface area contributed by atoms with Gasteiger partial charge in [0, 0.05) is 5.39 Å². The van der Waals surface area contributed by atoms with E-state index in [1.54, 1.807) is 25.1 Å². The fraction of sp³-hybridized carbons (Fsp3) is 0.238. The fourth-order valence-corrected chi connectivity index (χ4v) is 2.99. The van der Waals surface area contributed by atoms with Crippen molar-refractivity contribution in [3.05, 3.63) is 65.4 Å². The maximum Gasteiger partial charge on any atom is 0.256 e. The third kappa shape index (κ3) is 3.99. The van der Waals surface area contributed by atoms with Gasteiger partial charge in [0.25, 0.3) is 5.91 Å². The van der Waals surface area contributed by atoms with E-state index >= 15 is 0 Å². The molecule has 0 radical (unpaired) electrons. The average molecular weight is 382 g/mol. The van der Waals surface area contributed by atoms with E-state index in [4.69, 9.17) is 14.9 Å². The molecule has 4 N–H and O–H groups in total. The van der Waals surface area contributed by atoms with Crippen LogP contribution < -0.4 is 15.8 Å². The molecule has 1 heterocycles. The van der Waals surface area contributed by atoms with Crippen LogP contribution >= 0.6 is 0 Å². The van der Waals surface area contributed by atoms with Crippen LogP contribution in [0.4, 0.5) is 0 Å². The van der Waals surface area contributed by atoms with Crippen LogP contribution in [-0.4, -0.2) is 29.6 Å². The second-order valence-corrected chi connectivity index (χ2v) is 6.47. The number of hydrogen-bond donors (Lipinski definition) is 3. The lowest BCUT2D eigenvalue weighted by Crippen LogP contribution is -2.46. The second kappa shape index (κ2) is 8.14. The standard InChI is InChI=1S/C21H22N2O5/c1-12(14-6-4-3-5-7-14)27-15-8-9-18-16(10-15)19(13(2)28-18)21(26)23-17(11-24)20(22)25/h3-10,12,17,24H,11H2,1-2H3,(H2,22,25)(H,23,26)/t12?,17-/m0/s1. The molecular weight excluding hydrogens is 360 g/mol. The van der Waals surface area contributed by atoms with Crippen LogP contribution in [0.2, 0.25) is 0 Å². The quantitative estimate of drug-likeness (QED) is 0.581. The van der Waals surface area contributed by atoms with Gasteiger partial charge in [0.05, 0.1) is 12.2 Å². The number of aryl methyl sites for hydroxylation is 1. The van der Waals surface area contributed by atoms with Crippen LogP contribution in [0.1, 0.15) is 34.7 Å². The van der Waals surface area contributed by atoms with Gasteiger partial charge in [-0.05, 0) is 37.6 Å². The van der Waals surface area contributed by atoms with Gasteiger partial charge in [-0.2, -0.15) is 0 Å². The number of amides is 2. The third-order valence-corrected chi connectivity index (χ3v) is 4.48. The molecule has 2 atom stereocenters. The van der Waals surface area contributed by atoms with Gasteiger partial charge in [0.15, 0.2) is 0 Å². The van der Waals surface area contributed by atoms with Crippen LogP contribution in [-0.2, 0) is 4.79 Å². The lowest BCUT2D eigenvalue weighted by atomic mass is 10.1. The highest BCUT2D eigenvalue weighted by molar-refractivity contribution is 6.08. The zero-order valence-corrected chi connectivity index (χ0v) is 15.6. The Hall–Kier alpha value is -3.32. The van der Waals surface area contributed by atoms with E-state index in [1.807, 2.05) is 37.3 Å². The number of aliphatic hydroxyl groups is 1. The van der Waals surface area contributed by atoms with E-state index in [2.05, 4.69) is 5.32 Å². The maximum atomic E-state index is 12.6. The van der Waals surface area contributed by atoms with Crippen molar-refractivity contribution in [3.8, 4) is 5.75 Å². The first-order valence-electron chi connectivity index (χ1n) is 8.86. The first-order chi connectivity index (χ1) is 13.4. The third-order valence-electron chi connectivity index (χ3n) is 4.48. The number of nitrogens with two attached hydrogens (primary N) is 1. The van der Waals surface area contributed by atoms with Crippen LogP contribution in [0.5, 0.6) is 5.75 Å². The summed E-state index contributed by atoms with van der Waals surface area (Å²) in [5, 5.41) is 12.2. The van der Waals surface area contributed by atoms with Crippen molar-refractivity contribution in [1.29, 1.82) is 0 Å². The highest BCUT2D eigenvalue weighted by atomic mass is 16.5. The summed E-state index contributed by atoms with van der Waals surface area (Å²) >= 11 is 0. The summed E-state index contributed by atoms with van der Waals surface area (Å²) in [5.41, 5.74) is 6.99. The Morgan fingerprint density at radius 3 is 2.57 bits per heavy atom. The Balaban J connectivity index is 1.90. The average Bonchev–Trinajstić information content (AvgIpc) is 3.01. The van der Waals surface area contributed by atoms with Gasteiger partial charge < -0.3 is 25.3 Å². The Labute approximate surface area is 162 Å². The molecule has 7 nitrogen and oxygen atoms in total. The number of primary amides is 1. The van der Waals surface area contributed by atoms with Crippen molar-refractivity contribution in [2.45, 2.75) is 26.0 Å². The van der Waals surface area contributed by atoms with E-state index < -0.39 is 24.5 Å². The minimum Gasteiger partial charge on any atom is -0.486 e. The number of aliphatic hydroxyl groups excluding tert-OH is 1. The van der Waals surface area contributed by atoms with E-state index in [9.17, 15) is 14.7 Å². The van der Waals surface area contributed by atoms with Crippen molar-refractivity contribution in [2.75, 3.05) is 6.61 Å². The first-order valence-corrected chi connectivity index (χ1v) is 8.86. The molecular formula is C21H22N2O5. The lowest BCUT2D eigenvalue weighted by Gasteiger charge is -2.15. The van der Waals surface area contributed by atoms with Gasteiger partial charge >= 0.3 is 0 Å². The Morgan fingerprint density at radius 1 is 1.21 bits per heavy atom. The lowest BCUT2D eigenvalue weighted by molar-refractivity contribution is -0.120. The topological polar surface area (TPSA) is 115 Å². The fourth-order valence-electron chi connectivity index (χ4n) is 2.99. The van der Waals surface area contributed by atoms with Crippen molar-refractivity contribution in [2.24, 2.45) is 5.73 Å². The highest BCUT2D eigenvalue weighted by Gasteiger charge is 2.23. The summed E-state index contributed by atoms with van der Waals surface area (Å²) in [6.07, 6.45) is -0.183. The van der Waals surface area contributed by atoms with E-state index in [-0.39, 0.29) is 11.7 Å². The number of fused-ring (bicyclic) bond motifs is 1. The summed E-state index contributed by atoms with van der Waals surface area (Å²) in [6, 6.07) is 13.8. The van der Waals surface area contributed by atoms with Crippen LogP contribution in [0.25, 0.3) is 11.0 Å². The van der Waals surface area contributed by atoms with Crippen molar-refractivity contribution >= 4 is 22.8 Å². The largest absolute Gasteiger partial charge is 0.486 e. The van der Waals surface area contributed by atoms with Gasteiger partial charge in [0.1, 0.15) is 29.2 Å². The Morgan fingerprint density at radius 2 is 1.93 bits per heavy atom. The number of nitrogens with one attached hydrogen (secondary N) is 1. The molecule has 7 heteroatoms. The molecule has 0 aliphatic heterocycles. The predicted molar refractivity (Wildman–Crippen MR) is 104 cm³/mol. The van der Waals surface area contributed by atoms with Crippen molar-refractivity contribution in [1.82, 2.24) is 5.32 Å². The van der Waals surface area contributed by atoms with E-state index in [0.717, 1.165) is 5.56 Å². The van der Waals surface area contributed by atoms with Crippen LogP contribution in [0, 0.1) is 6.92 Å². The number of ether oxygens (including phenoxy) is 1. The molecule has 146 valence electrons. The van der Waals surface area contributed by atoms with Crippen molar-refractivity contribution in [3.63, 3.8) is 0 Å². The molecule has 3 rings (SSSR count). The smallest absolute Gasteiger partial charge is 0.256 e. The maximum absolute atomic E-state index is 12.6. The molecule has 0 saturated heterocycles. The van der Waals surface area contributed by atoms with Crippen LogP contribution in [0.3, 0.4) is 0 Å². The minimum atomic E-state index is -1.17. The Bertz CT molecular complexity index is 997. The number of hydrogen-bond acceptors (Lipinski definition) is 5. The van der Waals surface area contributed by atoms with E-state index in [0.29, 0.717) is 22.5 Å². The highest BCUT2D eigenvalue weighted by Crippen LogP contribution is 2.31. The Kier molecular flexibility index (Phi) is 5.65. The summed E-state index contributed by atoms with van der Waals surface area (Å²) in [6.45, 7) is 3.01. The molecule has 3 aromatic rings. The number of rotatable bonds is 7. The van der Waals surface area contributed by atoms with Gasteiger partial charge in [-0.15, -0.1) is 0 Å². The molecule has 28 heavy (non-hydrogen) atoms. The normalized spacial score (nSPS) is 13.1. The number of carbonyl (C=O) groups is 2. The van der Waals surface area contributed by atoms with Gasteiger partial charge in [-0.25, -0.2) is 0 Å². The zero-order chi connectivity index (χ0) is 20.3. The SMILES string of the molecule is Cc1oc2ccc(OC(C)c3ccccc3)cc2c1C(=O)N[C@@H](CO)C(N)=O. The summed E-state index contributed by atoms with van der Waals surface area (Å²) in [4.78, 5) is 23.9. The second-order valence-electron chi connectivity index (χ2n) is 6.47. The molecule has 2 amide bonds. The van der Waals surface area contributed by atoms with Gasteiger partial charge in [0.2, 0.25) is 5.91 Å². The van der Waals surface area contributed by atoms with E-state index in [1.165, 1.54) is 0 Å². The molecule has 1 unspecified atom stereocenters. The van der Waals surface area contributed by atoms with Gasteiger partial charge in [-0.1, -0.05) is 30.3 Å². The molecule has 1 aromatic heterocycles. The van der Waals surface area contributed by atoms with Crippen molar-refractivity contribution < 1.29 is 23.8 Å². The molecule has 0 fully saturated rings. The van der Waals surface area contributed by atoms with Gasteiger partial charge in [-0.3, -0.25) is 9.59 Å². The number of furan rings is 1. The monoisotopic (exact) mass is 382 g/mol. The minimum absolute atomic E-state index is 0.183. The summed E-state index contributed by atoms with van der Waals surface area (Å²) in [7, 11) is 0. The molecule has 2 aromatic carbocycles. The summed E-state index contributed by atoms with van der Waals surface area (Å²) in [5.74, 6) is -0.404. The van der Waals surface area contributed by atoms with Crippen LogP contribution in [0.15, 0.2) is 52.9 Å². The predicted octanol–water partition coefficient (Wildman–Crippen LogP) is 2.46. The number of carbonyl (C=O) groups excluding carboxylic acids is 2. The molecule has 0 saturated carbocycles.